The Labute approximate surface area is 134 Å². The summed E-state index contributed by atoms with van der Waals surface area (Å²) >= 11 is 0. The number of hydrogen-bond donors (Lipinski definition) is 1. The summed E-state index contributed by atoms with van der Waals surface area (Å²) in [5, 5.41) is 0. The monoisotopic (exact) mass is 324 g/mol. The number of rotatable bonds is 7. The molecule has 1 aromatic carbocycles. The minimum atomic E-state index is -0.534. The summed E-state index contributed by atoms with van der Waals surface area (Å²) in [7, 11) is 2.63. The zero-order valence-corrected chi connectivity index (χ0v) is 13.6. The normalized spacial score (nSPS) is 11.5. The molecule has 0 amide bonds. The summed E-state index contributed by atoms with van der Waals surface area (Å²) in [6.45, 7) is 1.31. The summed E-state index contributed by atoms with van der Waals surface area (Å²) < 4.78 is 14.4. The molecule has 0 aliphatic carbocycles. The van der Waals surface area contributed by atoms with Crippen molar-refractivity contribution >= 4 is 17.9 Å². The number of hydrogen-bond acceptors (Lipinski definition) is 6. The highest BCUT2D eigenvalue weighted by Crippen LogP contribution is 2.23. The second-order valence-corrected chi connectivity index (χ2v) is 5.04. The van der Waals surface area contributed by atoms with Gasteiger partial charge in [-0.2, -0.15) is 0 Å². The average molecular weight is 324 g/mol. The van der Waals surface area contributed by atoms with E-state index in [2.05, 4.69) is 15.2 Å². The fourth-order valence-corrected chi connectivity index (χ4v) is 2.08. The van der Waals surface area contributed by atoms with Crippen LogP contribution in [0, 0.1) is 0 Å². The summed E-state index contributed by atoms with van der Waals surface area (Å²) in [4.78, 5) is 33.9. The van der Waals surface area contributed by atoms with E-state index in [-0.39, 0.29) is 12.4 Å². The molecule has 7 nitrogen and oxygen atoms in total. The Kier molecular flexibility index (Phi) is 7.21. The predicted molar refractivity (Wildman–Crippen MR) is 80.5 cm³/mol. The number of methoxy groups -OCH3 is 2. The Morgan fingerprint density at radius 2 is 1.87 bits per heavy atom. The smallest absolute Gasteiger partial charge is 0.364 e. The van der Waals surface area contributed by atoms with Crippen molar-refractivity contribution in [2.45, 2.75) is 32.2 Å². The zero-order chi connectivity index (χ0) is 17.4. The molecule has 0 saturated heterocycles. The molecule has 1 rings (SSSR count). The van der Waals surface area contributed by atoms with Gasteiger partial charge in [0.15, 0.2) is 6.04 Å². The van der Waals surface area contributed by atoms with Crippen LogP contribution in [0.2, 0.25) is 0 Å². The molecule has 126 valence electrons. The van der Waals surface area contributed by atoms with E-state index in [1.165, 1.54) is 21.1 Å². The van der Waals surface area contributed by atoms with Crippen molar-refractivity contribution in [1.82, 2.24) is 0 Å². The molecule has 0 fully saturated rings. The molecular formula is C16H22NO6+. The van der Waals surface area contributed by atoms with Gasteiger partial charge in [-0.1, -0.05) is 12.1 Å². The van der Waals surface area contributed by atoms with Crippen LogP contribution in [-0.4, -0.2) is 38.2 Å². The van der Waals surface area contributed by atoms with Crippen LogP contribution in [0.4, 0.5) is 0 Å². The minimum Gasteiger partial charge on any atom is -0.469 e. The van der Waals surface area contributed by atoms with Crippen molar-refractivity contribution in [2.24, 2.45) is 0 Å². The van der Waals surface area contributed by atoms with Crippen molar-refractivity contribution < 1.29 is 34.3 Å². The highest BCUT2D eigenvalue weighted by Gasteiger charge is 2.19. The number of aryl methyl sites for hydroxylation is 1. The molecule has 0 aliphatic rings. The molecular weight excluding hydrogens is 302 g/mol. The maximum absolute atomic E-state index is 11.5. The van der Waals surface area contributed by atoms with Gasteiger partial charge in [-0.05, 0) is 23.6 Å². The molecule has 0 heterocycles. The maximum Gasteiger partial charge on any atom is 0.364 e. The highest BCUT2D eigenvalue weighted by molar-refractivity contribution is 5.74. The third-order valence-electron chi connectivity index (χ3n) is 3.22. The fourth-order valence-electron chi connectivity index (χ4n) is 2.08. The number of carbonyl (C=O) groups is 3. The lowest BCUT2D eigenvalue weighted by Gasteiger charge is -2.12. The van der Waals surface area contributed by atoms with Gasteiger partial charge in [0, 0.05) is 19.8 Å². The molecule has 0 unspecified atom stereocenters. The Bertz CT molecular complexity index is 584. The molecule has 0 aliphatic heterocycles. The van der Waals surface area contributed by atoms with Crippen molar-refractivity contribution in [3.63, 3.8) is 0 Å². The van der Waals surface area contributed by atoms with Crippen LogP contribution >= 0.6 is 0 Å². The summed E-state index contributed by atoms with van der Waals surface area (Å²) in [6, 6.07) is 4.66. The van der Waals surface area contributed by atoms with Crippen molar-refractivity contribution in [1.29, 1.82) is 0 Å². The van der Waals surface area contributed by atoms with E-state index in [0.29, 0.717) is 24.2 Å². The van der Waals surface area contributed by atoms with Gasteiger partial charge >= 0.3 is 17.9 Å². The van der Waals surface area contributed by atoms with Gasteiger partial charge in [0.2, 0.25) is 0 Å². The first kappa shape index (κ1) is 18.6. The van der Waals surface area contributed by atoms with Crippen molar-refractivity contribution in [2.75, 3.05) is 14.2 Å². The molecule has 0 saturated carbocycles. The number of carbonyl (C=O) groups excluding carboxylic acids is 3. The van der Waals surface area contributed by atoms with Crippen LogP contribution < -0.4 is 10.5 Å². The van der Waals surface area contributed by atoms with Crippen LogP contribution in [0.5, 0.6) is 5.75 Å². The van der Waals surface area contributed by atoms with Gasteiger partial charge in [0.1, 0.15) is 5.75 Å². The molecule has 0 radical (unpaired) electrons. The summed E-state index contributed by atoms with van der Waals surface area (Å²) in [6.07, 6.45) is 0.917. The van der Waals surface area contributed by atoms with Crippen molar-refractivity contribution in [3.05, 3.63) is 29.3 Å². The summed E-state index contributed by atoms with van der Waals surface area (Å²) in [5.74, 6) is -0.801. The molecule has 23 heavy (non-hydrogen) atoms. The number of ether oxygens (including phenoxy) is 3. The van der Waals surface area contributed by atoms with Crippen LogP contribution in [0.25, 0.3) is 0 Å². The van der Waals surface area contributed by atoms with E-state index in [4.69, 9.17) is 4.74 Å². The van der Waals surface area contributed by atoms with Crippen molar-refractivity contribution in [3.8, 4) is 5.75 Å². The number of esters is 3. The fraction of sp³-hybridized carbons (Fsp3) is 0.438. The van der Waals surface area contributed by atoms with E-state index in [1.54, 1.807) is 18.2 Å². The van der Waals surface area contributed by atoms with Crippen LogP contribution in [0.1, 0.15) is 24.5 Å². The average Bonchev–Trinajstić information content (AvgIpc) is 2.52. The topological polar surface area (TPSA) is 107 Å². The maximum atomic E-state index is 11.5. The van der Waals surface area contributed by atoms with Crippen LogP contribution in [-0.2, 0) is 36.7 Å². The molecule has 0 bridgehead atoms. The number of benzene rings is 1. The van der Waals surface area contributed by atoms with Crippen LogP contribution in [0.15, 0.2) is 18.2 Å². The molecule has 0 aromatic heterocycles. The SMILES string of the molecule is COC(=O)CCc1cc(C[C@H]([NH3+])C(=O)OC)ccc1OC(C)=O. The largest absolute Gasteiger partial charge is 0.469 e. The first-order valence-corrected chi connectivity index (χ1v) is 7.15. The van der Waals surface area contributed by atoms with Gasteiger partial charge in [-0.3, -0.25) is 9.59 Å². The highest BCUT2D eigenvalue weighted by atomic mass is 16.5. The molecule has 3 N–H and O–H groups in total. The van der Waals surface area contributed by atoms with E-state index in [1.807, 2.05) is 0 Å². The van der Waals surface area contributed by atoms with Gasteiger partial charge in [-0.25, -0.2) is 4.79 Å². The molecule has 1 aromatic rings. The third-order valence-corrected chi connectivity index (χ3v) is 3.22. The Balaban J connectivity index is 2.95. The van der Waals surface area contributed by atoms with E-state index in [9.17, 15) is 14.4 Å². The first-order valence-electron chi connectivity index (χ1n) is 7.15. The zero-order valence-electron chi connectivity index (χ0n) is 13.6. The lowest BCUT2D eigenvalue weighted by molar-refractivity contribution is -0.407. The van der Waals surface area contributed by atoms with Gasteiger partial charge in [0.05, 0.1) is 14.2 Å². The first-order chi connectivity index (χ1) is 10.9. The lowest BCUT2D eigenvalue weighted by atomic mass is 10.0. The standard InChI is InChI=1S/C16H21NO6/c1-10(18)23-14-6-4-11(9-13(17)16(20)22-3)8-12(14)5-7-15(19)21-2/h4,6,8,13H,5,7,9,17H2,1-3H3/p+1/t13-/m0/s1. The second kappa shape index (κ2) is 8.89. The Morgan fingerprint density at radius 3 is 2.43 bits per heavy atom. The van der Waals surface area contributed by atoms with Gasteiger partial charge in [-0.15, -0.1) is 0 Å². The van der Waals surface area contributed by atoms with E-state index in [0.717, 1.165) is 5.56 Å². The van der Waals surface area contributed by atoms with E-state index < -0.39 is 18.0 Å². The quantitative estimate of drug-likeness (QED) is 0.561. The lowest BCUT2D eigenvalue weighted by Crippen LogP contribution is -2.66. The van der Waals surface area contributed by atoms with Gasteiger partial charge < -0.3 is 19.9 Å². The Hall–Kier alpha value is -2.41. The van der Waals surface area contributed by atoms with Crippen LogP contribution in [0.3, 0.4) is 0 Å². The predicted octanol–water partition coefficient (Wildman–Crippen LogP) is 0.0435. The molecule has 7 heteroatoms. The summed E-state index contributed by atoms with van der Waals surface area (Å²) in [5.41, 5.74) is 5.29. The number of quaternary nitrogens is 1. The molecule has 0 spiro atoms. The van der Waals surface area contributed by atoms with E-state index >= 15 is 0 Å². The minimum absolute atomic E-state index is 0.166. The Morgan fingerprint density at radius 1 is 1.17 bits per heavy atom. The third kappa shape index (κ3) is 6.07. The van der Waals surface area contributed by atoms with Gasteiger partial charge in [0.25, 0.3) is 0 Å². The second-order valence-electron chi connectivity index (χ2n) is 5.04. The molecule has 1 atom stereocenters.